The van der Waals surface area contributed by atoms with Crippen LogP contribution in [0.4, 0.5) is 0 Å². The molecular formula is C15H10O7. The maximum atomic E-state index is 12.4. The van der Waals surface area contributed by atoms with Crippen molar-refractivity contribution in [2.24, 2.45) is 0 Å². The lowest BCUT2D eigenvalue weighted by molar-refractivity contribution is 0.368. The molecule has 0 unspecified atom stereocenters. The first-order valence-electron chi connectivity index (χ1n) is 6.11. The number of phenolic OH excluding ortho intramolecular Hbond substituents is 5. The zero-order chi connectivity index (χ0) is 16.0. The third kappa shape index (κ3) is 1.96. The van der Waals surface area contributed by atoms with Crippen molar-refractivity contribution < 1.29 is 29.9 Å². The number of hydrogen-bond donors (Lipinski definition) is 5. The van der Waals surface area contributed by atoms with Crippen LogP contribution in [0.1, 0.15) is 0 Å². The average Bonchev–Trinajstić information content (AvgIpc) is 2.43. The molecule has 0 spiro atoms. The van der Waals surface area contributed by atoms with Crippen molar-refractivity contribution in [3.05, 3.63) is 40.8 Å². The van der Waals surface area contributed by atoms with Gasteiger partial charge in [0.25, 0.3) is 0 Å². The molecule has 3 rings (SSSR count). The summed E-state index contributed by atoms with van der Waals surface area (Å²) in [7, 11) is 0. The Morgan fingerprint density at radius 1 is 0.818 bits per heavy atom. The molecule has 0 bridgehead atoms. The molecule has 1 aromatic heterocycles. The van der Waals surface area contributed by atoms with Gasteiger partial charge in [0.2, 0.25) is 5.43 Å². The molecule has 3 aromatic rings. The molecule has 5 N–H and O–H groups in total. The van der Waals surface area contributed by atoms with Gasteiger partial charge in [0.05, 0.1) is 5.56 Å². The van der Waals surface area contributed by atoms with E-state index in [1.54, 1.807) is 0 Å². The first kappa shape index (κ1) is 13.6. The van der Waals surface area contributed by atoms with Crippen LogP contribution in [0.3, 0.4) is 0 Å². The van der Waals surface area contributed by atoms with Crippen LogP contribution in [0.2, 0.25) is 0 Å². The van der Waals surface area contributed by atoms with E-state index in [9.17, 15) is 30.3 Å². The molecule has 0 fully saturated rings. The van der Waals surface area contributed by atoms with E-state index in [1.165, 1.54) is 6.07 Å². The van der Waals surface area contributed by atoms with Crippen molar-refractivity contribution >= 4 is 11.0 Å². The second-order valence-electron chi connectivity index (χ2n) is 4.68. The van der Waals surface area contributed by atoms with Crippen molar-refractivity contribution in [1.82, 2.24) is 0 Å². The third-order valence-electron chi connectivity index (χ3n) is 3.22. The monoisotopic (exact) mass is 302 g/mol. The standard InChI is InChI=1S/C15H10O7/c16-7-3-9(17)13-12(4-7)22-5-8(14(13)20)6-1-10(18)15(21)11(19)2-6/h1-5,16-19,21H. The normalized spacial score (nSPS) is 10.9. The Labute approximate surface area is 122 Å². The van der Waals surface area contributed by atoms with Crippen LogP contribution in [0.15, 0.2) is 39.7 Å². The van der Waals surface area contributed by atoms with Gasteiger partial charge in [-0.25, -0.2) is 0 Å². The predicted molar refractivity (Wildman–Crippen MR) is 76.2 cm³/mol. The van der Waals surface area contributed by atoms with Crippen LogP contribution in [0.5, 0.6) is 28.7 Å². The molecule has 0 aliphatic rings. The Balaban J connectivity index is 2.34. The molecule has 2 aromatic carbocycles. The fourth-order valence-corrected chi connectivity index (χ4v) is 2.18. The Morgan fingerprint density at radius 3 is 2.09 bits per heavy atom. The molecule has 0 radical (unpaired) electrons. The van der Waals surface area contributed by atoms with Crippen LogP contribution in [-0.4, -0.2) is 25.5 Å². The minimum Gasteiger partial charge on any atom is -0.508 e. The molecule has 0 saturated heterocycles. The molecule has 22 heavy (non-hydrogen) atoms. The predicted octanol–water partition coefficient (Wildman–Crippen LogP) is 1.99. The Morgan fingerprint density at radius 2 is 1.45 bits per heavy atom. The number of hydrogen-bond acceptors (Lipinski definition) is 7. The Kier molecular flexibility index (Phi) is 2.84. The highest BCUT2D eigenvalue weighted by atomic mass is 16.3. The van der Waals surface area contributed by atoms with E-state index in [0.29, 0.717) is 0 Å². The van der Waals surface area contributed by atoms with Crippen molar-refractivity contribution in [2.45, 2.75) is 0 Å². The number of aromatic hydroxyl groups is 5. The SMILES string of the molecule is O=c1c(-c2cc(O)c(O)c(O)c2)coc2cc(O)cc(O)c12. The van der Waals surface area contributed by atoms with Crippen LogP contribution in [-0.2, 0) is 0 Å². The third-order valence-corrected chi connectivity index (χ3v) is 3.22. The molecule has 1 heterocycles. The number of phenols is 5. The second-order valence-corrected chi connectivity index (χ2v) is 4.68. The zero-order valence-electron chi connectivity index (χ0n) is 10.9. The molecular weight excluding hydrogens is 292 g/mol. The number of rotatable bonds is 1. The van der Waals surface area contributed by atoms with Crippen molar-refractivity contribution in [1.29, 1.82) is 0 Å². The van der Waals surface area contributed by atoms with Gasteiger partial charge in [-0.1, -0.05) is 0 Å². The molecule has 0 saturated carbocycles. The van der Waals surface area contributed by atoms with Gasteiger partial charge in [0.15, 0.2) is 17.2 Å². The lowest BCUT2D eigenvalue weighted by Crippen LogP contribution is -2.05. The van der Waals surface area contributed by atoms with Gasteiger partial charge in [-0.2, -0.15) is 0 Å². The summed E-state index contributed by atoms with van der Waals surface area (Å²) in [5.74, 6) is -2.64. The van der Waals surface area contributed by atoms with E-state index < -0.39 is 28.4 Å². The smallest absolute Gasteiger partial charge is 0.204 e. The largest absolute Gasteiger partial charge is 0.508 e. The first-order chi connectivity index (χ1) is 10.4. The summed E-state index contributed by atoms with van der Waals surface area (Å²) in [4.78, 5) is 12.4. The van der Waals surface area contributed by atoms with Crippen molar-refractivity contribution in [3.63, 3.8) is 0 Å². The zero-order valence-corrected chi connectivity index (χ0v) is 10.9. The van der Waals surface area contributed by atoms with E-state index in [4.69, 9.17) is 4.42 Å². The molecule has 112 valence electrons. The summed E-state index contributed by atoms with van der Waals surface area (Å²) in [6.45, 7) is 0. The quantitative estimate of drug-likeness (QED) is 0.434. The van der Waals surface area contributed by atoms with E-state index >= 15 is 0 Å². The average molecular weight is 302 g/mol. The van der Waals surface area contributed by atoms with Gasteiger partial charge in [0.1, 0.15) is 28.7 Å². The Bertz CT molecular complexity index is 933. The summed E-state index contributed by atoms with van der Waals surface area (Å²) in [6, 6.07) is 4.32. The van der Waals surface area contributed by atoms with Crippen LogP contribution >= 0.6 is 0 Å². The maximum Gasteiger partial charge on any atom is 0.204 e. The highest BCUT2D eigenvalue weighted by Gasteiger charge is 2.16. The lowest BCUT2D eigenvalue weighted by Gasteiger charge is -2.07. The summed E-state index contributed by atoms with van der Waals surface area (Å²) in [5, 5.41) is 47.4. The summed E-state index contributed by atoms with van der Waals surface area (Å²) >= 11 is 0. The molecule has 0 aliphatic carbocycles. The van der Waals surface area contributed by atoms with Crippen molar-refractivity contribution in [2.75, 3.05) is 0 Å². The number of benzene rings is 2. The molecule has 0 aliphatic heterocycles. The number of fused-ring (bicyclic) bond motifs is 1. The van der Waals surface area contributed by atoms with E-state index in [-0.39, 0.29) is 27.8 Å². The highest BCUT2D eigenvalue weighted by molar-refractivity contribution is 5.88. The van der Waals surface area contributed by atoms with E-state index in [1.807, 2.05) is 0 Å². The molecule has 0 atom stereocenters. The van der Waals surface area contributed by atoms with Crippen LogP contribution < -0.4 is 5.43 Å². The van der Waals surface area contributed by atoms with Gasteiger partial charge in [-0.05, 0) is 17.7 Å². The first-order valence-corrected chi connectivity index (χ1v) is 6.11. The molecule has 7 heteroatoms. The molecule has 7 nitrogen and oxygen atoms in total. The topological polar surface area (TPSA) is 131 Å². The highest BCUT2D eigenvalue weighted by Crippen LogP contribution is 2.39. The fraction of sp³-hybridized carbons (Fsp3) is 0. The van der Waals surface area contributed by atoms with E-state index in [0.717, 1.165) is 24.5 Å². The lowest BCUT2D eigenvalue weighted by atomic mass is 10.0. The minimum absolute atomic E-state index is 0.0153. The van der Waals surface area contributed by atoms with Gasteiger partial charge >= 0.3 is 0 Å². The summed E-state index contributed by atoms with van der Waals surface area (Å²) in [5.41, 5.74) is -0.586. The maximum absolute atomic E-state index is 12.4. The van der Waals surface area contributed by atoms with E-state index in [2.05, 4.69) is 0 Å². The summed E-state index contributed by atoms with van der Waals surface area (Å²) < 4.78 is 5.20. The minimum atomic E-state index is -0.707. The van der Waals surface area contributed by atoms with Gasteiger partial charge in [-0.3, -0.25) is 4.79 Å². The Hall–Kier alpha value is -3.35. The fourth-order valence-electron chi connectivity index (χ4n) is 2.18. The second kappa shape index (κ2) is 4.59. The van der Waals surface area contributed by atoms with Crippen LogP contribution in [0.25, 0.3) is 22.1 Å². The molecule has 0 amide bonds. The van der Waals surface area contributed by atoms with Crippen molar-refractivity contribution in [3.8, 4) is 39.9 Å². The summed E-state index contributed by atoms with van der Waals surface area (Å²) in [6.07, 6.45) is 1.06. The van der Waals surface area contributed by atoms with Gasteiger partial charge < -0.3 is 29.9 Å². The van der Waals surface area contributed by atoms with Gasteiger partial charge in [-0.15, -0.1) is 0 Å². The van der Waals surface area contributed by atoms with Crippen LogP contribution in [0, 0.1) is 0 Å². The van der Waals surface area contributed by atoms with Gasteiger partial charge in [0, 0.05) is 12.1 Å².